The van der Waals surface area contributed by atoms with Gasteiger partial charge in [-0.2, -0.15) is 5.26 Å². The molecule has 0 aliphatic heterocycles. The summed E-state index contributed by atoms with van der Waals surface area (Å²) in [6.45, 7) is 2.22. The number of rotatable bonds is 2. The molecule has 0 bridgehead atoms. The summed E-state index contributed by atoms with van der Waals surface area (Å²) in [7, 11) is 0. The molecule has 0 spiro atoms. The fraction of sp³-hybridized carbons (Fsp3) is 0.263. The number of thiophene rings is 1. The summed E-state index contributed by atoms with van der Waals surface area (Å²) in [5.41, 5.74) is 2.41. The lowest BCUT2D eigenvalue weighted by Crippen LogP contribution is -2.11. The summed E-state index contributed by atoms with van der Waals surface area (Å²) >= 11 is 1.52. The largest absolute Gasteiger partial charge is 0.451 e. The maximum absolute atomic E-state index is 12.5. The molecule has 3 aromatic rings. The van der Waals surface area contributed by atoms with Crippen LogP contribution in [0.2, 0.25) is 0 Å². The molecule has 1 aliphatic rings. The van der Waals surface area contributed by atoms with Crippen LogP contribution in [0.3, 0.4) is 0 Å². The van der Waals surface area contributed by atoms with E-state index in [1.807, 2.05) is 24.3 Å². The van der Waals surface area contributed by atoms with Gasteiger partial charge in [0, 0.05) is 10.3 Å². The molecule has 1 aromatic carbocycles. The van der Waals surface area contributed by atoms with Crippen molar-refractivity contribution in [3.05, 3.63) is 52.1 Å². The van der Waals surface area contributed by atoms with E-state index in [1.54, 1.807) is 6.07 Å². The lowest BCUT2D eigenvalue weighted by atomic mass is 9.89. The van der Waals surface area contributed by atoms with Gasteiger partial charge >= 0.3 is 0 Å². The number of hydrogen-bond donors (Lipinski definition) is 1. The summed E-state index contributed by atoms with van der Waals surface area (Å²) in [5.74, 6) is 0.579. The number of furan rings is 1. The Morgan fingerprint density at radius 3 is 3.04 bits per heavy atom. The van der Waals surface area contributed by atoms with E-state index in [-0.39, 0.29) is 11.7 Å². The third-order valence-corrected chi connectivity index (χ3v) is 5.67. The van der Waals surface area contributed by atoms with Crippen LogP contribution in [0, 0.1) is 17.2 Å². The second kappa shape index (κ2) is 5.81. The Kier molecular flexibility index (Phi) is 3.62. The normalized spacial score (nSPS) is 16.6. The zero-order valence-corrected chi connectivity index (χ0v) is 14.1. The van der Waals surface area contributed by atoms with Crippen molar-refractivity contribution in [1.29, 1.82) is 5.26 Å². The lowest BCUT2D eigenvalue weighted by Gasteiger charge is -2.17. The monoisotopic (exact) mass is 336 g/mol. The Morgan fingerprint density at radius 1 is 1.42 bits per heavy atom. The molecular formula is C19H16N2O2S. The standard InChI is InChI=1S/C19H16N2O2S/c1-11-6-7-13-14(10-20)19(24-17(13)8-11)21-18(22)16-9-12-4-2-3-5-15(12)23-16/h2-5,9,11H,6-8H2,1H3,(H,21,22)/t11-/m0/s1. The van der Waals surface area contributed by atoms with Gasteiger partial charge in [-0.15, -0.1) is 11.3 Å². The highest BCUT2D eigenvalue weighted by molar-refractivity contribution is 7.16. The molecule has 1 aliphatic carbocycles. The summed E-state index contributed by atoms with van der Waals surface area (Å²) in [5, 5.41) is 13.9. The number of carbonyl (C=O) groups excluding carboxylic acids is 1. The van der Waals surface area contributed by atoms with Crippen molar-refractivity contribution < 1.29 is 9.21 Å². The molecule has 2 aromatic heterocycles. The molecule has 4 nitrogen and oxygen atoms in total. The predicted molar refractivity (Wildman–Crippen MR) is 94.4 cm³/mol. The number of hydrogen-bond acceptors (Lipinski definition) is 4. The van der Waals surface area contributed by atoms with Crippen LogP contribution < -0.4 is 5.32 Å². The van der Waals surface area contributed by atoms with Gasteiger partial charge in [-0.25, -0.2) is 0 Å². The van der Waals surface area contributed by atoms with E-state index in [0.717, 1.165) is 30.2 Å². The third kappa shape index (κ3) is 2.49. The minimum Gasteiger partial charge on any atom is -0.451 e. The van der Waals surface area contributed by atoms with E-state index in [1.165, 1.54) is 16.2 Å². The Labute approximate surface area is 143 Å². The molecule has 0 fully saturated rings. The second-order valence-electron chi connectivity index (χ2n) is 6.27. The molecule has 1 atom stereocenters. The highest BCUT2D eigenvalue weighted by atomic mass is 32.1. The van der Waals surface area contributed by atoms with E-state index in [4.69, 9.17) is 4.42 Å². The first-order valence-corrected chi connectivity index (χ1v) is 8.82. The number of nitrogens with one attached hydrogen (secondary N) is 1. The Hall–Kier alpha value is -2.58. The highest BCUT2D eigenvalue weighted by Crippen LogP contribution is 2.39. The van der Waals surface area contributed by atoms with Gasteiger partial charge in [0.1, 0.15) is 16.7 Å². The number of fused-ring (bicyclic) bond motifs is 2. The van der Waals surface area contributed by atoms with Gasteiger partial charge in [-0.05, 0) is 42.9 Å². The number of nitrogens with zero attached hydrogens (tertiary/aromatic N) is 1. The van der Waals surface area contributed by atoms with Gasteiger partial charge < -0.3 is 9.73 Å². The first-order valence-electron chi connectivity index (χ1n) is 8.00. The van der Waals surface area contributed by atoms with Gasteiger partial charge in [-0.3, -0.25) is 4.79 Å². The zero-order chi connectivity index (χ0) is 16.7. The maximum Gasteiger partial charge on any atom is 0.292 e. The predicted octanol–water partition coefficient (Wildman–Crippen LogP) is 4.74. The summed E-state index contributed by atoms with van der Waals surface area (Å²) < 4.78 is 5.60. The Bertz CT molecular complexity index is 944. The molecule has 2 heterocycles. The number of anilines is 1. The molecule has 0 saturated heterocycles. The van der Waals surface area contributed by atoms with Crippen LogP contribution in [0.15, 0.2) is 34.7 Å². The third-order valence-electron chi connectivity index (χ3n) is 4.50. The van der Waals surface area contributed by atoms with Crippen LogP contribution in [0.5, 0.6) is 0 Å². The lowest BCUT2D eigenvalue weighted by molar-refractivity contribution is 0.0999. The van der Waals surface area contributed by atoms with Crippen molar-refractivity contribution in [2.45, 2.75) is 26.2 Å². The van der Waals surface area contributed by atoms with E-state index in [9.17, 15) is 10.1 Å². The van der Waals surface area contributed by atoms with E-state index >= 15 is 0 Å². The van der Waals surface area contributed by atoms with Crippen molar-refractivity contribution >= 4 is 33.2 Å². The Morgan fingerprint density at radius 2 is 2.25 bits per heavy atom. The van der Waals surface area contributed by atoms with E-state index in [0.29, 0.717) is 22.1 Å². The van der Waals surface area contributed by atoms with Crippen LogP contribution in [0.4, 0.5) is 5.00 Å². The second-order valence-corrected chi connectivity index (χ2v) is 7.38. The average Bonchev–Trinajstić information content (AvgIpc) is 3.14. The van der Waals surface area contributed by atoms with E-state index < -0.39 is 0 Å². The number of benzene rings is 1. The van der Waals surface area contributed by atoms with Crippen molar-refractivity contribution in [3.63, 3.8) is 0 Å². The van der Waals surface area contributed by atoms with Gasteiger partial charge in [0.15, 0.2) is 5.76 Å². The average molecular weight is 336 g/mol. The SMILES string of the molecule is C[C@H]1CCc2c(sc(NC(=O)c3cc4ccccc4o3)c2C#N)C1. The fourth-order valence-electron chi connectivity index (χ4n) is 3.22. The van der Waals surface area contributed by atoms with Crippen LogP contribution >= 0.6 is 11.3 Å². The van der Waals surface area contributed by atoms with Gasteiger partial charge in [-0.1, -0.05) is 25.1 Å². The highest BCUT2D eigenvalue weighted by Gasteiger charge is 2.25. The number of nitriles is 1. The summed E-state index contributed by atoms with van der Waals surface area (Å²) in [4.78, 5) is 13.7. The number of amides is 1. The van der Waals surface area contributed by atoms with Crippen molar-refractivity contribution in [1.82, 2.24) is 0 Å². The van der Waals surface area contributed by atoms with Gasteiger partial charge in [0.05, 0.1) is 5.56 Å². The smallest absolute Gasteiger partial charge is 0.292 e. The molecule has 4 rings (SSSR count). The van der Waals surface area contributed by atoms with Crippen molar-refractivity contribution in [2.75, 3.05) is 5.32 Å². The van der Waals surface area contributed by atoms with Crippen LogP contribution in [-0.2, 0) is 12.8 Å². The van der Waals surface area contributed by atoms with Crippen molar-refractivity contribution in [2.24, 2.45) is 5.92 Å². The molecule has 120 valence electrons. The van der Waals surface area contributed by atoms with Crippen LogP contribution in [0.1, 0.15) is 39.9 Å². The maximum atomic E-state index is 12.5. The summed E-state index contributed by atoms with van der Waals surface area (Å²) in [6, 6.07) is 11.5. The molecule has 0 radical (unpaired) electrons. The molecule has 24 heavy (non-hydrogen) atoms. The fourth-order valence-corrected chi connectivity index (χ4v) is 4.57. The molecule has 1 N–H and O–H groups in total. The first-order chi connectivity index (χ1) is 11.7. The van der Waals surface area contributed by atoms with Gasteiger partial charge in [0.2, 0.25) is 0 Å². The van der Waals surface area contributed by atoms with Crippen molar-refractivity contribution in [3.8, 4) is 6.07 Å². The zero-order valence-electron chi connectivity index (χ0n) is 13.3. The minimum absolute atomic E-state index is 0.264. The van der Waals surface area contributed by atoms with Gasteiger partial charge in [0.25, 0.3) is 5.91 Å². The first kappa shape index (κ1) is 15.0. The molecule has 0 unspecified atom stereocenters. The molecule has 1 amide bonds. The summed E-state index contributed by atoms with van der Waals surface area (Å²) in [6.07, 6.45) is 2.99. The van der Waals surface area contributed by atoms with E-state index in [2.05, 4.69) is 18.3 Å². The topological polar surface area (TPSA) is 66.0 Å². The minimum atomic E-state index is -0.311. The Balaban J connectivity index is 1.65. The van der Waals surface area contributed by atoms with Crippen LogP contribution in [-0.4, -0.2) is 5.91 Å². The number of para-hydroxylation sites is 1. The molecule has 5 heteroatoms. The number of carbonyl (C=O) groups is 1. The van der Waals surface area contributed by atoms with Crippen LogP contribution in [0.25, 0.3) is 11.0 Å². The molecule has 0 saturated carbocycles. The quantitative estimate of drug-likeness (QED) is 0.735. The molecular weight excluding hydrogens is 320 g/mol.